The zero-order valence-electron chi connectivity index (χ0n) is 12.4. The van der Waals surface area contributed by atoms with Crippen molar-refractivity contribution in [1.29, 1.82) is 0 Å². The number of aliphatic hydroxyl groups excluding tert-OH is 1. The van der Waals surface area contributed by atoms with Crippen LogP contribution in [0.1, 0.15) is 25.0 Å². The lowest BCUT2D eigenvalue weighted by Gasteiger charge is -2.26. The molecule has 0 aliphatic heterocycles. The molecule has 4 nitrogen and oxygen atoms in total. The van der Waals surface area contributed by atoms with Gasteiger partial charge in [-0.1, -0.05) is 6.07 Å². The fourth-order valence-electron chi connectivity index (χ4n) is 1.99. The van der Waals surface area contributed by atoms with E-state index in [1.165, 1.54) is 0 Å². The first-order valence-electron chi connectivity index (χ1n) is 6.80. The van der Waals surface area contributed by atoms with Crippen molar-refractivity contribution in [2.24, 2.45) is 0 Å². The summed E-state index contributed by atoms with van der Waals surface area (Å²) in [6, 6.07) is 5.96. The number of methoxy groups -OCH3 is 2. The summed E-state index contributed by atoms with van der Waals surface area (Å²) in [5.74, 6) is 0. The summed E-state index contributed by atoms with van der Waals surface area (Å²) in [5.41, 5.74) is 2.02. The molecule has 1 aromatic carbocycles. The molecule has 1 aromatic rings. The first kappa shape index (κ1) is 17.4. The van der Waals surface area contributed by atoms with Crippen molar-refractivity contribution in [3.8, 4) is 0 Å². The number of anilines is 1. The Labute approximate surface area is 129 Å². The maximum Gasteiger partial charge on any atom is 0.0762 e. The fraction of sp³-hybridized carbons (Fsp3) is 0.600. The van der Waals surface area contributed by atoms with E-state index in [4.69, 9.17) is 9.47 Å². The van der Waals surface area contributed by atoms with Gasteiger partial charge in [-0.15, -0.1) is 0 Å². The summed E-state index contributed by atoms with van der Waals surface area (Å²) in [4.78, 5) is 2.26. The third-order valence-electron chi connectivity index (χ3n) is 3.14. The second kappa shape index (κ2) is 9.34. The lowest BCUT2D eigenvalue weighted by atomic mass is 10.1. The molecule has 0 aliphatic carbocycles. The average Bonchev–Trinajstić information content (AvgIpc) is 2.43. The molecule has 0 saturated heterocycles. The minimum Gasteiger partial charge on any atom is -0.389 e. The highest BCUT2D eigenvalue weighted by molar-refractivity contribution is 9.10. The molecule has 0 aromatic heterocycles. The number of aliphatic hydroxyl groups is 1. The van der Waals surface area contributed by atoms with Crippen LogP contribution in [-0.4, -0.2) is 45.6 Å². The first-order valence-corrected chi connectivity index (χ1v) is 7.59. The van der Waals surface area contributed by atoms with E-state index in [1.54, 1.807) is 21.1 Å². The first-order chi connectivity index (χ1) is 9.60. The van der Waals surface area contributed by atoms with Crippen LogP contribution in [0.25, 0.3) is 0 Å². The Morgan fingerprint density at radius 1 is 1.20 bits per heavy atom. The van der Waals surface area contributed by atoms with Gasteiger partial charge in [0, 0.05) is 38.4 Å². The SMILES string of the molecule is COCCCN(CCOC)c1ccc([C@@H](C)O)cc1Br. The second-order valence-corrected chi connectivity index (χ2v) is 5.57. The van der Waals surface area contributed by atoms with Gasteiger partial charge in [-0.05, 0) is 47.0 Å². The highest BCUT2D eigenvalue weighted by Crippen LogP contribution is 2.29. The van der Waals surface area contributed by atoms with Crippen molar-refractivity contribution in [1.82, 2.24) is 0 Å². The van der Waals surface area contributed by atoms with Crippen LogP contribution >= 0.6 is 15.9 Å². The minimum absolute atomic E-state index is 0.457. The van der Waals surface area contributed by atoms with Gasteiger partial charge in [0.2, 0.25) is 0 Å². The number of halogens is 1. The topological polar surface area (TPSA) is 41.9 Å². The minimum atomic E-state index is -0.457. The van der Waals surface area contributed by atoms with Gasteiger partial charge in [0.25, 0.3) is 0 Å². The Kier molecular flexibility index (Phi) is 8.14. The van der Waals surface area contributed by atoms with E-state index in [0.29, 0.717) is 6.61 Å². The summed E-state index contributed by atoms with van der Waals surface area (Å²) in [6.07, 6.45) is 0.506. The van der Waals surface area contributed by atoms with Crippen molar-refractivity contribution in [2.75, 3.05) is 45.4 Å². The molecular formula is C15H24BrNO3. The molecule has 0 fully saturated rings. The Morgan fingerprint density at radius 2 is 1.90 bits per heavy atom. The van der Waals surface area contributed by atoms with Crippen LogP contribution in [-0.2, 0) is 9.47 Å². The zero-order valence-corrected chi connectivity index (χ0v) is 14.0. The van der Waals surface area contributed by atoms with E-state index in [1.807, 2.05) is 18.2 Å². The van der Waals surface area contributed by atoms with Crippen LogP contribution in [0.2, 0.25) is 0 Å². The molecule has 0 saturated carbocycles. The Hall–Kier alpha value is -0.620. The predicted octanol–water partition coefficient (Wildman–Crippen LogP) is 2.99. The van der Waals surface area contributed by atoms with Gasteiger partial charge in [-0.3, -0.25) is 0 Å². The second-order valence-electron chi connectivity index (χ2n) is 4.71. The van der Waals surface area contributed by atoms with Crippen LogP contribution in [0.5, 0.6) is 0 Å². The molecule has 0 amide bonds. The van der Waals surface area contributed by atoms with E-state index in [2.05, 4.69) is 20.8 Å². The van der Waals surface area contributed by atoms with Gasteiger partial charge in [-0.25, -0.2) is 0 Å². The molecule has 0 unspecified atom stereocenters. The van der Waals surface area contributed by atoms with E-state index >= 15 is 0 Å². The summed E-state index contributed by atoms with van der Waals surface area (Å²) >= 11 is 3.59. The molecule has 0 spiro atoms. The largest absolute Gasteiger partial charge is 0.389 e. The van der Waals surface area contributed by atoms with Crippen molar-refractivity contribution in [3.63, 3.8) is 0 Å². The molecule has 0 heterocycles. The Morgan fingerprint density at radius 3 is 2.45 bits per heavy atom. The molecule has 0 aliphatic rings. The molecule has 1 atom stereocenters. The van der Waals surface area contributed by atoms with Crippen molar-refractivity contribution in [2.45, 2.75) is 19.4 Å². The summed E-state index contributed by atoms with van der Waals surface area (Å²) < 4.78 is 11.3. The molecule has 0 bridgehead atoms. The van der Waals surface area contributed by atoms with Crippen LogP contribution in [0, 0.1) is 0 Å². The lowest BCUT2D eigenvalue weighted by Crippen LogP contribution is -2.29. The lowest BCUT2D eigenvalue weighted by molar-refractivity contribution is 0.191. The summed E-state index contributed by atoms with van der Waals surface area (Å²) in [6.45, 7) is 4.92. The smallest absolute Gasteiger partial charge is 0.0762 e. The molecule has 1 N–H and O–H groups in total. The molecule has 0 radical (unpaired) electrons. The van der Waals surface area contributed by atoms with Crippen molar-refractivity contribution in [3.05, 3.63) is 28.2 Å². The molecule has 1 rings (SSSR count). The number of rotatable bonds is 9. The van der Waals surface area contributed by atoms with Crippen LogP contribution in [0.4, 0.5) is 5.69 Å². The normalized spacial score (nSPS) is 12.4. The van der Waals surface area contributed by atoms with Gasteiger partial charge >= 0.3 is 0 Å². The predicted molar refractivity (Wildman–Crippen MR) is 85.4 cm³/mol. The molecule has 5 heteroatoms. The number of ether oxygens (including phenoxy) is 2. The van der Waals surface area contributed by atoms with Gasteiger partial charge in [0.15, 0.2) is 0 Å². The maximum absolute atomic E-state index is 9.62. The Balaban J connectivity index is 2.82. The monoisotopic (exact) mass is 345 g/mol. The molecular weight excluding hydrogens is 322 g/mol. The maximum atomic E-state index is 9.62. The fourth-order valence-corrected chi connectivity index (χ4v) is 2.64. The third kappa shape index (κ3) is 5.40. The quantitative estimate of drug-likeness (QED) is 0.698. The number of hydrogen-bond acceptors (Lipinski definition) is 4. The number of hydrogen-bond donors (Lipinski definition) is 1. The van der Waals surface area contributed by atoms with Gasteiger partial charge in [-0.2, -0.15) is 0 Å². The highest BCUT2D eigenvalue weighted by Gasteiger charge is 2.12. The zero-order chi connectivity index (χ0) is 15.0. The number of benzene rings is 1. The van der Waals surface area contributed by atoms with Crippen LogP contribution in [0.3, 0.4) is 0 Å². The van der Waals surface area contributed by atoms with Gasteiger partial charge in [0.1, 0.15) is 0 Å². The van der Waals surface area contributed by atoms with Crippen molar-refractivity contribution >= 4 is 21.6 Å². The van der Waals surface area contributed by atoms with E-state index in [0.717, 1.165) is 41.8 Å². The number of nitrogens with zero attached hydrogens (tertiary/aromatic N) is 1. The standard InChI is InChI=1S/C15H24BrNO3/c1-12(18)13-5-6-15(14(16)11-13)17(8-10-20-3)7-4-9-19-2/h5-6,11-12,18H,4,7-10H2,1-3H3/t12-/m1/s1. The highest BCUT2D eigenvalue weighted by atomic mass is 79.9. The van der Waals surface area contributed by atoms with E-state index in [-0.39, 0.29) is 0 Å². The molecule has 114 valence electrons. The summed E-state index contributed by atoms with van der Waals surface area (Å²) in [5, 5.41) is 9.62. The Bertz CT molecular complexity index is 399. The average molecular weight is 346 g/mol. The van der Waals surface area contributed by atoms with Crippen LogP contribution in [0.15, 0.2) is 22.7 Å². The molecule has 20 heavy (non-hydrogen) atoms. The van der Waals surface area contributed by atoms with E-state index in [9.17, 15) is 5.11 Å². The van der Waals surface area contributed by atoms with Crippen molar-refractivity contribution < 1.29 is 14.6 Å². The van der Waals surface area contributed by atoms with E-state index < -0.39 is 6.10 Å². The van der Waals surface area contributed by atoms with Crippen LogP contribution < -0.4 is 4.90 Å². The van der Waals surface area contributed by atoms with Gasteiger partial charge in [0.05, 0.1) is 18.4 Å². The summed E-state index contributed by atoms with van der Waals surface area (Å²) in [7, 11) is 3.42. The third-order valence-corrected chi connectivity index (χ3v) is 3.77. The van der Waals surface area contributed by atoms with Gasteiger partial charge < -0.3 is 19.5 Å².